The van der Waals surface area contributed by atoms with E-state index in [0.29, 0.717) is 23.4 Å². The summed E-state index contributed by atoms with van der Waals surface area (Å²) in [4.78, 5) is 36.0. The summed E-state index contributed by atoms with van der Waals surface area (Å²) in [6, 6.07) is 20.2. The Hall–Kier alpha value is -3.52. The van der Waals surface area contributed by atoms with Gasteiger partial charge in [-0.3, -0.25) is 14.2 Å². The van der Waals surface area contributed by atoms with Crippen LogP contribution in [0.5, 0.6) is 0 Å². The van der Waals surface area contributed by atoms with Crippen LogP contribution >= 0.6 is 11.3 Å². The first-order valence-corrected chi connectivity index (χ1v) is 11.3. The van der Waals surface area contributed by atoms with Gasteiger partial charge >= 0.3 is 0 Å². The molecule has 0 unspecified atom stereocenters. The number of anilines is 1. The van der Waals surface area contributed by atoms with E-state index in [0.717, 1.165) is 23.5 Å². The lowest BCUT2D eigenvalue weighted by Gasteiger charge is -2.15. The fourth-order valence-electron chi connectivity index (χ4n) is 3.41. The number of hydrogen-bond donors (Lipinski definition) is 1. The number of thiazole rings is 1. The molecule has 0 saturated carbocycles. The molecule has 2 aromatic carbocycles. The highest BCUT2D eigenvalue weighted by Gasteiger charge is 2.15. The van der Waals surface area contributed by atoms with Crippen molar-refractivity contribution in [2.75, 3.05) is 18.5 Å². The smallest absolute Gasteiger partial charge is 0.273 e. The molecule has 0 aliphatic heterocycles. The molecule has 32 heavy (non-hydrogen) atoms. The molecule has 0 aliphatic rings. The van der Waals surface area contributed by atoms with Crippen LogP contribution in [0.4, 0.5) is 5.13 Å². The van der Waals surface area contributed by atoms with E-state index in [1.54, 1.807) is 0 Å². The zero-order valence-corrected chi connectivity index (χ0v) is 18.7. The Bertz CT molecular complexity index is 1240. The number of amides is 1. The van der Waals surface area contributed by atoms with Gasteiger partial charge in [0.2, 0.25) is 5.91 Å². The van der Waals surface area contributed by atoms with Gasteiger partial charge in [-0.15, -0.1) is 0 Å². The van der Waals surface area contributed by atoms with Gasteiger partial charge in [0.1, 0.15) is 17.6 Å². The Balaban J connectivity index is 1.36. The van der Waals surface area contributed by atoms with Crippen LogP contribution in [0.1, 0.15) is 17.5 Å². The normalized spacial score (nSPS) is 10.9. The van der Waals surface area contributed by atoms with Gasteiger partial charge in [0.25, 0.3) is 5.56 Å². The van der Waals surface area contributed by atoms with Gasteiger partial charge in [0, 0.05) is 20.1 Å². The van der Waals surface area contributed by atoms with Crippen LogP contribution in [0, 0.1) is 0 Å². The Labute approximate surface area is 190 Å². The number of carbonyl (C=O) groups excluding carboxylic acids is 1. The lowest BCUT2D eigenvalue weighted by molar-refractivity contribution is -0.121. The summed E-state index contributed by atoms with van der Waals surface area (Å²) < 4.78 is 1.80. The SMILES string of the molecule is CN(Cc1ccccc1)c1nc2ncn(CC(=O)NCCCc3ccccc3)c(=O)c2s1. The maximum atomic E-state index is 12.9. The van der Waals surface area contributed by atoms with E-state index < -0.39 is 0 Å². The number of aryl methyl sites for hydroxylation is 1. The van der Waals surface area contributed by atoms with Crippen LogP contribution in [0.15, 0.2) is 71.8 Å². The minimum absolute atomic E-state index is 0.0554. The number of carbonyl (C=O) groups is 1. The molecule has 0 fully saturated rings. The van der Waals surface area contributed by atoms with Crippen LogP contribution in [0.25, 0.3) is 10.3 Å². The van der Waals surface area contributed by atoms with E-state index in [-0.39, 0.29) is 18.0 Å². The van der Waals surface area contributed by atoms with Crippen molar-refractivity contribution in [3.05, 3.63) is 88.5 Å². The second-order valence-corrected chi connectivity index (χ2v) is 8.59. The number of nitrogens with zero attached hydrogens (tertiary/aromatic N) is 4. The maximum absolute atomic E-state index is 12.9. The molecule has 0 bridgehead atoms. The number of rotatable bonds is 9. The van der Waals surface area contributed by atoms with E-state index in [4.69, 9.17) is 0 Å². The van der Waals surface area contributed by atoms with Crippen molar-refractivity contribution in [3.63, 3.8) is 0 Å². The zero-order chi connectivity index (χ0) is 22.3. The van der Waals surface area contributed by atoms with Crippen LogP contribution in [0.3, 0.4) is 0 Å². The largest absolute Gasteiger partial charge is 0.355 e. The number of fused-ring (bicyclic) bond motifs is 1. The third kappa shape index (κ3) is 5.39. The molecular formula is C24H25N5O2S. The molecule has 164 valence electrons. The molecule has 8 heteroatoms. The topological polar surface area (TPSA) is 80.1 Å². The highest BCUT2D eigenvalue weighted by Crippen LogP contribution is 2.25. The van der Waals surface area contributed by atoms with Gasteiger partial charge in [0.15, 0.2) is 10.8 Å². The highest BCUT2D eigenvalue weighted by atomic mass is 32.1. The van der Waals surface area contributed by atoms with Gasteiger partial charge in [-0.1, -0.05) is 72.0 Å². The van der Waals surface area contributed by atoms with Crippen molar-refractivity contribution in [2.45, 2.75) is 25.9 Å². The Morgan fingerprint density at radius 3 is 2.47 bits per heavy atom. The summed E-state index contributed by atoms with van der Waals surface area (Å²) in [6.07, 6.45) is 3.14. The minimum atomic E-state index is -0.244. The first kappa shape index (κ1) is 21.7. The summed E-state index contributed by atoms with van der Waals surface area (Å²) in [5, 5.41) is 3.60. The quantitative estimate of drug-likeness (QED) is 0.399. The molecule has 0 radical (unpaired) electrons. The third-order valence-electron chi connectivity index (χ3n) is 5.08. The average Bonchev–Trinajstić information content (AvgIpc) is 3.26. The fraction of sp³-hybridized carbons (Fsp3) is 0.250. The van der Waals surface area contributed by atoms with E-state index in [1.165, 1.54) is 27.8 Å². The monoisotopic (exact) mass is 447 g/mol. The van der Waals surface area contributed by atoms with Gasteiger partial charge in [-0.25, -0.2) is 4.98 Å². The molecule has 4 aromatic rings. The molecule has 7 nitrogen and oxygen atoms in total. The third-order valence-corrected chi connectivity index (χ3v) is 6.23. The van der Waals surface area contributed by atoms with Crippen molar-refractivity contribution in [2.24, 2.45) is 0 Å². The summed E-state index contributed by atoms with van der Waals surface area (Å²) in [6.45, 7) is 1.19. The first-order chi connectivity index (χ1) is 15.6. The van der Waals surface area contributed by atoms with Gasteiger partial charge in [-0.05, 0) is 24.0 Å². The number of aromatic nitrogens is 3. The summed E-state index contributed by atoms with van der Waals surface area (Å²) in [5.74, 6) is -0.202. The summed E-state index contributed by atoms with van der Waals surface area (Å²) >= 11 is 1.30. The van der Waals surface area contributed by atoms with Crippen LogP contribution in [-0.4, -0.2) is 34.0 Å². The zero-order valence-electron chi connectivity index (χ0n) is 17.9. The molecule has 1 N–H and O–H groups in total. The lowest BCUT2D eigenvalue weighted by atomic mass is 10.1. The Morgan fingerprint density at radius 1 is 1.06 bits per heavy atom. The second kappa shape index (κ2) is 10.2. The first-order valence-electron chi connectivity index (χ1n) is 10.5. The summed E-state index contributed by atoms with van der Waals surface area (Å²) in [7, 11) is 1.94. The number of hydrogen-bond acceptors (Lipinski definition) is 6. The predicted octanol–water partition coefficient (Wildman–Crippen LogP) is 3.24. The van der Waals surface area contributed by atoms with E-state index in [2.05, 4.69) is 27.4 Å². The molecule has 0 spiro atoms. The molecule has 4 rings (SSSR count). The number of benzene rings is 2. The molecule has 2 heterocycles. The van der Waals surface area contributed by atoms with Crippen LogP contribution in [-0.2, 0) is 24.3 Å². The van der Waals surface area contributed by atoms with E-state index in [1.807, 2.05) is 60.5 Å². The molecule has 0 aliphatic carbocycles. The predicted molar refractivity (Wildman–Crippen MR) is 128 cm³/mol. The second-order valence-electron chi connectivity index (χ2n) is 7.61. The molecule has 1 amide bonds. The van der Waals surface area contributed by atoms with Crippen molar-refractivity contribution < 1.29 is 4.79 Å². The van der Waals surface area contributed by atoms with Crippen LogP contribution < -0.4 is 15.8 Å². The Kier molecular flexibility index (Phi) is 6.91. The van der Waals surface area contributed by atoms with E-state index in [9.17, 15) is 9.59 Å². The standard InChI is InChI=1S/C24H25N5O2S/c1-28(15-19-11-6-3-7-12-19)24-27-22-21(32-24)23(31)29(17-26-22)16-20(30)25-14-8-13-18-9-4-2-5-10-18/h2-7,9-12,17H,8,13-16H2,1H3,(H,25,30). The fourth-order valence-corrected chi connectivity index (χ4v) is 4.34. The van der Waals surface area contributed by atoms with Crippen LogP contribution in [0.2, 0.25) is 0 Å². The van der Waals surface area contributed by atoms with Gasteiger partial charge < -0.3 is 10.2 Å². The lowest BCUT2D eigenvalue weighted by Crippen LogP contribution is -2.32. The Morgan fingerprint density at radius 2 is 1.75 bits per heavy atom. The van der Waals surface area contributed by atoms with Gasteiger partial charge in [-0.2, -0.15) is 4.98 Å². The minimum Gasteiger partial charge on any atom is -0.355 e. The molecular weight excluding hydrogens is 422 g/mol. The number of nitrogens with one attached hydrogen (secondary N) is 1. The van der Waals surface area contributed by atoms with Crippen molar-refractivity contribution in [3.8, 4) is 0 Å². The molecule has 0 atom stereocenters. The van der Waals surface area contributed by atoms with Crippen molar-refractivity contribution in [1.82, 2.24) is 19.9 Å². The average molecular weight is 448 g/mol. The van der Waals surface area contributed by atoms with Crippen molar-refractivity contribution in [1.29, 1.82) is 0 Å². The maximum Gasteiger partial charge on any atom is 0.273 e. The summed E-state index contributed by atoms with van der Waals surface area (Å²) in [5.41, 5.74) is 2.56. The van der Waals surface area contributed by atoms with Crippen molar-refractivity contribution >= 4 is 32.7 Å². The highest BCUT2D eigenvalue weighted by molar-refractivity contribution is 7.22. The molecule has 0 saturated heterocycles. The van der Waals surface area contributed by atoms with E-state index >= 15 is 0 Å². The molecule has 2 aromatic heterocycles. The van der Waals surface area contributed by atoms with Gasteiger partial charge in [0.05, 0.1) is 0 Å².